The van der Waals surface area contributed by atoms with Crippen LogP contribution in [0, 0.1) is 0 Å². The summed E-state index contributed by atoms with van der Waals surface area (Å²) < 4.78 is 15.9. The SMILES string of the molecule is C[Si](C)(C)OP1OCCO1. The van der Waals surface area contributed by atoms with E-state index in [9.17, 15) is 0 Å². The molecule has 0 spiro atoms. The molecular formula is C5H13O3PSi. The summed E-state index contributed by atoms with van der Waals surface area (Å²) in [6.45, 7) is 7.76. The van der Waals surface area contributed by atoms with Crippen LogP contribution in [0.25, 0.3) is 0 Å². The molecule has 0 aliphatic carbocycles. The quantitative estimate of drug-likeness (QED) is 0.481. The second kappa shape index (κ2) is 3.28. The van der Waals surface area contributed by atoms with Gasteiger partial charge in [-0.15, -0.1) is 0 Å². The van der Waals surface area contributed by atoms with Crippen molar-refractivity contribution in [2.75, 3.05) is 13.2 Å². The van der Waals surface area contributed by atoms with Crippen LogP contribution in [0.1, 0.15) is 0 Å². The van der Waals surface area contributed by atoms with Gasteiger partial charge in [-0.1, -0.05) is 0 Å². The maximum Gasteiger partial charge on any atom is 0.322 e. The van der Waals surface area contributed by atoms with Gasteiger partial charge in [0.2, 0.25) is 0 Å². The monoisotopic (exact) mass is 180 g/mol. The van der Waals surface area contributed by atoms with Crippen LogP contribution in [0.4, 0.5) is 0 Å². The molecule has 60 valence electrons. The van der Waals surface area contributed by atoms with Crippen molar-refractivity contribution in [1.82, 2.24) is 0 Å². The molecule has 1 saturated heterocycles. The van der Waals surface area contributed by atoms with Crippen molar-refractivity contribution < 1.29 is 13.3 Å². The van der Waals surface area contributed by atoms with E-state index in [4.69, 9.17) is 13.3 Å². The first kappa shape index (κ1) is 8.62. The molecule has 1 aliphatic rings. The highest BCUT2D eigenvalue weighted by atomic mass is 31.2. The van der Waals surface area contributed by atoms with Gasteiger partial charge in [0, 0.05) is 0 Å². The lowest BCUT2D eigenvalue weighted by atomic mass is 10.8. The normalized spacial score (nSPS) is 21.9. The Kier molecular flexibility index (Phi) is 2.83. The Morgan fingerprint density at radius 1 is 1.20 bits per heavy atom. The fourth-order valence-corrected chi connectivity index (χ4v) is 3.27. The van der Waals surface area contributed by atoms with Crippen molar-refractivity contribution in [1.29, 1.82) is 0 Å². The summed E-state index contributed by atoms with van der Waals surface area (Å²) in [6.07, 6.45) is 0. The van der Waals surface area contributed by atoms with Crippen LogP contribution in [0.2, 0.25) is 19.6 Å². The zero-order chi connectivity index (χ0) is 7.61. The zero-order valence-electron chi connectivity index (χ0n) is 6.59. The second-order valence-corrected chi connectivity index (χ2v) is 9.01. The van der Waals surface area contributed by atoms with E-state index >= 15 is 0 Å². The van der Waals surface area contributed by atoms with Crippen LogP contribution in [0.5, 0.6) is 0 Å². The summed E-state index contributed by atoms with van der Waals surface area (Å²) in [7, 11) is -2.41. The molecule has 5 heteroatoms. The third-order valence-corrected chi connectivity index (χ3v) is 4.40. The van der Waals surface area contributed by atoms with Crippen molar-refractivity contribution in [3.63, 3.8) is 0 Å². The third kappa shape index (κ3) is 3.08. The van der Waals surface area contributed by atoms with Gasteiger partial charge in [-0.3, -0.25) is 0 Å². The van der Waals surface area contributed by atoms with Gasteiger partial charge in [-0.2, -0.15) is 0 Å². The smallest absolute Gasteiger partial charge is 0.322 e. The van der Waals surface area contributed by atoms with E-state index in [-0.39, 0.29) is 0 Å². The van der Waals surface area contributed by atoms with Gasteiger partial charge in [0.1, 0.15) is 0 Å². The molecule has 0 N–H and O–H groups in total. The minimum Gasteiger partial charge on any atom is -0.355 e. The highest BCUT2D eigenvalue weighted by molar-refractivity contribution is 7.44. The van der Waals surface area contributed by atoms with E-state index in [1.54, 1.807) is 0 Å². The number of hydrogen-bond donors (Lipinski definition) is 0. The van der Waals surface area contributed by atoms with Gasteiger partial charge in [0.25, 0.3) is 0 Å². The summed E-state index contributed by atoms with van der Waals surface area (Å²) in [5.41, 5.74) is 0. The van der Waals surface area contributed by atoms with Gasteiger partial charge in [0.05, 0.1) is 13.2 Å². The van der Waals surface area contributed by atoms with Crippen LogP contribution >= 0.6 is 8.60 Å². The maximum absolute atomic E-state index is 5.56. The van der Waals surface area contributed by atoms with E-state index in [1.807, 2.05) is 0 Å². The minimum absolute atomic E-state index is 0.691. The molecule has 1 heterocycles. The molecule has 0 radical (unpaired) electrons. The summed E-state index contributed by atoms with van der Waals surface area (Å²) in [6, 6.07) is 0. The van der Waals surface area contributed by atoms with Gasteiger partial charge < -0.3 is 13.3 Å². The van der Waals surface area contributed by atoms with Crippen molar-refractivity contribution >= 4 is 16.9 Å². The Hall–Kier alpha value is 0.527. The van der Waals surface area contributed by atoms with Crippen molar-refractivity contribution in [2.24, 2.45) is 0 Å². The summed E-state index contributed by atoms with van der Waals surface area (Å²) >= 11 is 0. The Labute approximate surface area is 63.8 Å². The Balaban J connectivity index is 2.24. The molecule has 1 aliphatic heterocycles. The third-order valence-electron chi connectivity index (χ3n) is 0.825. The van der Waals surface area contributed by atoms with Crippen LogP contribution in [-0.4, -0.2) is 21.5 Å². The molecule has 0 aromatic heterocycles. The predicted octanol–water partition coefficient (Wildman–Crippen LogP) is 2.11. The molecule has 0 unspecified atom stereocenters. The molecule has 0 amide bonds. The lowest BCUT2D eigenvalue weighted by Crippen LogP contribution is -2.22. The van der Waals surface area contributed by atoms with Gasteiger partial charge in [-0.05, 0) is 19.6 Å². The average Bonchev–Trinajstić information content (AvgIpc) is 2.12. The average molecular weight is 180 g/mol. The predicted molar refractivity (Wildman–Crippen MR) is 43.3 cm³/mol. The molecule has 0 aromatic carbocycles. The van der Waals surface area contributed by atoms with Crippen LogP contribution in [0.15, 0.2) is 0 Å². The molecule has 0 bridgehead atoms. The second-order valence-electron chi connectivity index (χ2n) is 3.09. The highest BCUT2D eigenvalue weighted by Gasteiger charge is 2.26. The molecular weight excluding hydrogens is 167 g/mol. The molecule has 0 atom stereocenters. The molecule has 0 saturated carbocycles. The van der Waals surface area contributed by atoms with E-state index < -0.39 is 16.9 Å². The van der Waals surface area contributed by atoms with E-state index in [2.05, 4.69) is 19.6 Å². The first-order chi connectivity index (χ1) is 4.58. The molecule has 1 rings (SSSR count). The van der Waals surface area contributed by atoms with Crippen LogP contribution in [0.3, 0.4) is 0 Å². The first-order valence-corrected chi connectivity index (χ1v) is 7.83. The van der Waals surface area contributed by atoms with Crippen molar-refractivity contribution in [2.45, 2.75) is 19.6 Å². The van der Waals surface area contributed by atoms with E-state index in [0.29, 0.717) is 13.2 Å². The van der Waals surface area contributed by atoms with Crippen molar-refractivity contribution in [3.05, 3.63) is 0 Å². The van der Waals surface area contributed by atoms with Gasteiger partial charge >= 0.3 is 8.60 Å². The van der Waals surface area contributed by atoms with E-state index in [1.165, 1.54) is 0 Å². The number of hydrogen-bond acceptors (Lipinski definition) is 3. The molecule has 3 nitrogen and oxygen atoms in total. The van der Waals surface area contributed by atoms with Crippen molar-refractivity contribution in [3.8, 4) is 0 Å². The van der Waals surface area contributed by atoms with Crippen LogP contribution in [-0.2, 0) is 13.3 Å². The standard InChI is InChI=1S/C5H13O3PSi/c1-10(2,3)8-9-6-4-5-7-9/h4-5H2,1-3H3. The summed E-state index contributed by atoms with van der Waals surface area (Å²) in [5.74, 6) is 0. The minimum atomic E-state index is -1.44. The Morgan fingerprint density at radius 3 is 2.10 bits per heavy atom. The lowest BCUT2D eigenvalue weighted by Gasteiger charge is -2.18. The fourth-order valence-electron chi connectivity index (χ4n) is 0.537. The van der Waals surface area contributed by atoms with Gasteiger partial charge in [-0.25, -0.2) is 0 Å². The molecule has 10 heavy (non-hydrogen) atoms. The largest absolute Gasteiger partial charge is 0.355 e. The highest BCUT2D eigenvalue weighted by Crippen LogP contribution is 2.45. The topological polar surface area (TPSA) is 27.7 Å². The molecule has 0 aromatic rings. The number of rotatable bonds is 2. The van der Waals surface area contributed by atoms with E-state index in [0.717, 1.165) is 0 Å². The van der Waals surface area contributed by atoms with Gasteiger partial charge in [0.15, 0.2) is 8.32 Å². The Morgan fingerprint density at radius 2 is 1.70 bits per heavy atom. The summed E-state index contributed by atoms with van der Waals surface area (Å²) in [5, 5.41) is 0. The zero-order valence-corrected chi connectivity index (χ0v) is 8.48. The Bertz CT molecular complexity index is 108. The fraction of sp³-hybridized carbons (Fsp3) is 1.00. The summed E-state index contributed by atoms with van der Waals surface area (Å²) in [4.78, 5) is 0. The maximum atomic E-state index is 5.56. The first-order valence-electron chi connectivity index (χ1n) is 3.33. The van der Waals surface area contributed by atoms with Crippen LogP contribution < -0.4 is 0 Å². The molecule has 1 fully saturated rings. The lowest BCUT2D eigenvalue weighted by molar-refractivity contribution is 0.352.